The van der Waals surface area contributed by atoms with Gasteiger partial charge < -0.3 is 10.1 Å². The summed E-state index contributed by atoms with van der Waals surface area (Å²) in [6, 6.07) is 19.4. The van der Waals surface area contributed by atoms with Crippen molar-refractivity contribution in [3.05, 3.63) is 86.8 Å². The standard InChI is InChI=1S/C19H12BrCl2NO2/c20-12-6-8-16(22)15(10-12)19(24)23-17-11-13(21)7-9-18(17)25-14-4-2-1-3-5-14/h1-11H,(H,23,24). The topological polar surface area (TPSA) is 38.3 Å². The van der Waals surface area contributed by atoms with Crippen LogP contribution in [0.4, 0.5) is 5.69 Å². The van der Waals surface area contributed by atoms with Gasteiger partial charge in [0.25, 0.3) is 5.91 Å². The van der Waals surface area contributed by atoms with Gasteiger partial charge in [0.15, 0.2) is 5.75 Å². The Morgan fingerprint density at radius 3 is 2.48 bits per heavy atom. The highest BCUT2D eigenvalue weighted by molar-refractivity contribution is 9.10. The van der Waals surface area contributed by atoms with Gasteiger partial charge in [0.05, 0.1) is 16.3 Å². The molecular formula is C19H12BrCl2NO2. The van der Waals surface area contributed by atoms with Crippen LogP contribution in [0.3, 0.4) is 0 Å². The summed E-state index contributed by atoms with van der Waals surface area (Å²) in [5.41, 5.74) is 0.805. The monoisotopic (exact) mass is 435 g/mol. The van der Waals surface area contributed by atoms with Crippen molar-refractivity contribution >= 4 is 50.7 Å². The zero-order valence-corrected chi connectivity index (χ0v) is 15.9. The first-order valence-electron chi connectivity index (χ1n) is 7.32. The highest BCUT2D eigenvalue weighted by Gasteiger charge is 2.14. The third-order valence-electron chi connectivity index (χ3n) is 3.33. The predicted molar refractivity (Wildman–Crippen MR) is 105 cm³/mol. The Morgan fingerprint density at radius 1 is 0.960 bits per heavy atom. The van der Waals surface area contributed by atoms with Crippen LogP contribution < -0.4 is 10.1 Å². The van der Waals surface area contributed by atoms with Crippen LogP contribution in [0.5, 0.6) is 11.5 Å². The Morgan fingerprint density at radius 2 is 1.72 bits per heavy atom. The van der Waals surface area contributed by atoms with Crippen molar-refractivity contribution in [2.45, 2.75) is 0 Å². The van der Waals surface area contributed by atoms with Crippen molar-refractivity contribution in [1.82, 2.24) is 0 Å². The number of halogens is 3. The van der Waals surface area contributed by atoms with Crippen LogP contribution in [0.1, 0.15) is 10.4 Å². The van der Waals surface area contributed by atoms with E-state index < -0.39 is 0 Å². The molecule has 0 aliphatic heterocycles. The average molecular weight is 437 g/mol. The number of hydrogen-bond donors (Lipinski definition) is 1. The van der Waals surface area contributed by atoms with Crippen molar-refractivity contribution in [2.24, 2.45) is 0 Å². The van der Waals surface area contributed by atoms with Gasteiger partial charge in [0.2, 0.25) is 0 Å². The molecule has 0 aliphatic carbocycles. The summed E-state index contributed by atoms with van der Waals surface area (Å²) in [7, 11) is 0. The summed E-state index contributed by atoms with van der Waals surface area (Å²) in [5, 5.41) is 3.64. The first-order valence-corrected chi connectivity index (χ1v) is 8.86. The zero-order valence-electron chi connectivity index (χ0n) is 12.8. The molecule has 0 saturated carbocycles. The van der Waals surface area contributed by atoms with Crippen molar-refractivity contribution in [1.29, 1.82) is 0 Å². The molecule has 1 amide bonds. The molecule has 0 heterocycles. The summed E-state index contributed by atoms with van der Waals surface area (Å²) in [5.74, 6) is 0.780. The molecule has 3 rings (SSSR count). The molecule has 6 heteroatoms. The van der Waals surface area contributed by atoms with E-state index in [2.05, 4.69) is 21.2 Å². The van der Waals surface area contributed by atoms with E-state index >= 15 is 0 Å². The number of rotatable bonds is 4. The number of hydrogen-bond acceptors (Lipinski definition) is 2. The molecule has 0 aromatic heterocycles. The van der Waals surface area contributed by atoms with Crippen molar-refractivity contribution in [2.75, 3.05) is 5.32 Å². The summed E-state index contributed by atoms with van der Waals surface area (Å²) in [6.45, 7) is 0. The van der Waals surface area contributed by atoms with E-state index in [-0.39, 0.29) is 5.91 Å². The first kappa shape index (κ1) is 17.8. The van der Waals surface area contributed by atoms with E-state index in [9.17, 15) is 4.79 Å². The number of benzene rings is 3. The molecule has 0 aliphatic rings. The third-order valence-corrected chi connectivity index (χ3v) is 4.39. The van der Waals surface area contributed by atoms with E-state index in [1.165, 1.54) is 0 Å². The number of carbonyl (C=O) groups excluding carboxylic acids is 1. The average Bonchev–Trinajstić information content (AvgIpc) is 2.60. The van der Waals surface area contributed by atoms with Gasteiger partial charge in [-0.1, -0.05) is 57.3 Å². The van der Waals surface area contributed by atoms with Gasteiger partial charge in [-0.3, -0.25) is 4.79 Å². The second-order valence-electron chi connectivity index (χ2n) is 5.13. The molecule has 1 N–H and O–H groups in total. The summed E-state index contributed by atoms with van der Waals surface area (Å²) >= 11 is 15.5. The Bertz CT molecular complexity index is 917. The van der Waals surface area contributed by atoms with Crippen molar-refractivity contribution < 1.29 is 9.53 Å². The highest BCUT2D eigenvalue weighted by Crippen LogP contribution is 2.33. The number of amides is 1. The van der Waals surface area contributed by atoms with Crippen LogP contribution in [0.2, 0.25) is 10.0 Å². The molecule has 3 aromatic carbocycles. The van der Waals surface area contributed by atoms with Gasteiger partial charge in [-0.2, -0.15) is 0 Å². The number of anilines is 1. The zero-order chi connectivity index (χ0) is 17.8. The fourth-order valence-electron chi connectivity index (χ4n) is 2.17. The summed E-state index contributed by atoms with van der Waals surface area (Å²) in [4.78, 5) is 12.6. The summed E-state index contributed by atoms with van der Waals surface area (Å²) in [6.07, 6.45) is 0. The van der Waals surface area contributed by atoms with Crippen molar-refractivity contribution in [3.8, 4) is 11.5 Å². The van der Waals surface area contributed by atoms with E-state index in [0.29, 0.717) is 32.8 Å². The molecule has 3 aromatic rings. The molecule has 0 bridgehead atoms. The first-order chi connectivity index (χ1) is 12.0. The lowest BCUT2D eigenvalue weighted by Gasteiger charge is -2.13. The van der Waals surface area contributed by atoms with Crippen molar-refractivity contribution in [3.63, 3.8) is 0 Å². The summed E-state index contributed by atoms with van der Waals surface area (Å²) < 4.78 is 6.60. The van der Waals surface area contributed by atoms with Crippen LogP contribution in [-0.2, 0) is 0 Å². The van der Waals surface area contributed by atoms with Gasteiger partial charge in [-0.15, -0.1) is 0 Å². The smallest absolute Gasteiger partial charge is 0.257 e. The second kappa shape index (κ2) is 7.91. The second-order valence-corrected chi connectivity index (χ2v) is 6.89. The Balaban J connectivity index is 1.90. The number of para-hydroxylation sites is 1. The van der Waals surface area contributed by atoms with E-state index in [0.717, 1.165) is 4.47 Å². The number of carbonyl (C=O) groups is 1. The fourth-order valence-corrected chi connectivity index (χ4v) is 2.90. The quantitative estimate of drug-likeness (QED) is 0.488. The SMILES string of the molecule is O=C(Nc1cc(Cl)ccc1Oc1ccccc1)c1cc(Br)ccc1Cl. The predicted octanol–water partition coefficient (Wildman–Crippen LogP) is 6.80. The van der Waals surface area contributed by atoms with E-state index in [1.807, 2.05) is 30.3 Å². The molecular weight excluding hydrogens is 425 g/mol. The van der Waals surface area contributed by atoms with Crippen LogP contribution in [-0.4, -0.2) is 5.91 Å². The lowest BCUT2D eigenvalue weighted by atomic mass is 10.2. The molecule has 0 atom stereocenters. The number of ether oxygens (including phenoxy) is 1. The van der Waals surface area contributed by atoms with E-state index in [1.54, 1.807) is 36.4 Å². The Kier molecular flexibility index (Phi) is 5.63. The molecule has 3 nitrogen and oxygen atoms in total. The van der Waals surface area contributed by atoms with Gasteiger partial charge in [0, 0.05) is 9.50 Å². The Hall–Kier alpha value is -2.01. The lowest BCUT2D eigenvalue weighted by Crippen LogP contribution is -2.13. The Labute approximate surface area is 163 Å². The fraction of sp³-hybridized carbons (Fsp3) is 0. The van der Waals surface area contributed by atoms with Gasteiger partial charge >= 0.3 is 0 Å². The molecule has 126 valence electrons. The minimum atomic E-state index is -0.355. The molecule has 0 unspecified atom stereocenters. The van der Waals surface area contributed by atoms with Crippen LogP contribution in [0.25, 0.3) is 0 Å². The minimum Gasteiger partial charge on any atom is -0.455 e. The van der Waals surface area contributed by atoms with Crippen LogP contribution >= 0.6 is 39.1 Å². The maximum absolute atomic E-state index is 12.6. The number of nitrogens with one attached hydrogen (secondary N) is 1. The lowest BCUT2D eigenvalue weighted by molar-refractivity contribution is 0.102. The maximum Gasteiger partial charge on any atom is 0.257 e. The van der Waals surface area contributed by atoms with Gasteiger partial charge in [-0.05, 0) is 48.5 Å². The van der Waals surface area contributed by atoms with Gasteiger partial charge in [-0.25, -0.2) is 0 Å². The third kappa shape index (κ3) is 4.54. The normalized spacial score (nSPS) is 10.4. The maximum atomic E-state index is 12.6. The van der Waals surface area contributed by atoms with Crippen LogP contribution in [0, 0.1) is 0 Å². The molecule has 0 radical (unpaired) electrons. The van der Waals surface area contributed by atoms with Gasteiger partial charge in [0.1, 0.15) is 5.75 Å². The largest absolute Gasteiger partial charge is 0.455 e. The molecule has 25 heavy (non-hydrogen) atoms. The van der Waals surface area contributed by atoms with E-state index in [4.69, 9.17) is 27.9 Å². The molecule has 0 fully saturated rings. The molecule has 0 spiro atoms. The van der Waals surface area contributed by atoms with Crippen LogP contribution in [0.15, 0.2) is 71.2 Å². The molecule has 0 saturated heterocycles. The minimum absolute atomic E-state index is 0.349. The highest BCUT2D eigenvalue weighted by atomic mass is 79.9.